The third-order valence-corrected chi connectivity index (χ3v) is 2.98. The van der Waals surface area contributed by atoms with E-state index in [-0.39, 0.29) is 5.75 Å². The highest BCUT2D eigenvalue weighted by Crippen LogP contribution is 2.29. The molecule has 0 aliphatic rings. The molecule has 0 amide bonds. The molecule has 21 heavy (non-hydrogen) atoms. The van der Waals surface area contributed by atoms with Crippen LogP contribution in [0, 0.1) is 0 Å². The number of carbonyl (C=O) groups is 1. The molecule has 0 saturated heterocycles. The Morgan fingerprint density at radius 3 is 2.48 bits per heavy atom. The van der Waals surface area contributed by atoms with Gasteiger partial charge in [-0.15, -0.1) is 0 Å². The summed E-state index contributed by atoms with van der Waals surface area (Å²) in [6.07, 6.45) is -3.99. The van der Waals surface area contributed by atoms with Gasteiger partial charge in [-0.05, 0) is 23.8 Å². The van der Waals surface area contributed by atoms with Crippen LogP contribution in [-0.2, 0) is 11.2 Å². The summed E-state index contributed by atoms with van der Waals surface area (Å²) >= 11 is 5.86. The number of alkyl halides is 2. The maximum Gasteiger partial charge on any atom is 0.501 e. The SMILES string of the molecule is O=C(O)C(F)(F)Oc1ccc(Cl)cc1Cc1ccccc1. The largest absolute Gasteiger partial charge is 0.501 e. The molecule has 2 aromatic rings. The molecule has 110 valence electrons. The second kappa shape index (κ2) is 6.10. The molecule has 3 nitrogen and oxygen atoms in total. The van der Waals surface area contributed by atoms with Crippen LogP contribution in [0.4, 0.5) is 8.78 Å². The Kier molecular flexibility index (Phi) is 4.43. The summed E-state index contributed by atoms with van der Waals surface area (Å²) in [5, 5.41) is 8.79. The zero-order valence-electron chi connectivity index (χ0n) is 10.7. The van der Waals surface area contributed by atoms with Gasteiger partial charge in [-0.3, -0.25) is 0 Å². The number of aliphatic carboxylic acids is 1. The number of carboxylic acids is 1. The van der Waals surface area contributed by atoms with E-state index in [2.05, 4.69) is 4.74 Å². The fourth-order valence-corrected chi connectivity index (χ4v) is 1.98. The molecule has 0 atom stereocenters. The molecule has 2 rings (SSSR count). The van der Waals surface area contributed by atoms with Crippen molar-refractivity contribution in [3.8, 4) is 5.75 Å². The Labute approximate surface area is 124 Å². The van der Waals surface area contributed by atoms with E-state index in [0.717, 1.165) is 5.56 Å². The molecule has 6 heteroatoms. The second-order valence-electron chi connectivity index (χ2n) is 4.34. The van der Waals surface area contributed by atoms with Gasteiger partial charge < -0.3 is 9.84 Å². The number of benzene rings is 2. The van der Waals surface area contributed by atoms with E-state index in [4.69, 9.17) is 16.7 Å². The zero-order valence-corrected chi connectivity index (χ0v) is 11.5. The van der Waals surface area contributed by atoms with Crippen LogP contribution >= 0.6 is 11.6 Å². The first kappa shape index (κ1) is 15.3. The predicted octanol–water partition coefficient (Wildman–Crippen LogP) is 3.99. The van der Waals surface area contributed by atoms with E-state index in [1.165, 1.54) is 18.2 Å². The molecule has 0 fully saturated rings. The fourth-order valence-electron chi connectivity index (χ4n) is 1.78. The number of carboxylic acid groups (broad SMARTS) is 1. The Balaban J connectivity index is 2.32. The standard InChI is InChI=1S/C15H11ClF2O3/c16-12-6-7-13(21-15(17,18)14(19)20)11(9-12)8-10-4-2-1-3-5-10/h1-7,9H,8H2,(H,19,20). The minimum absolute atomic E-state index is 0.212. The molecule has 0 bridgehead atoms. The number of hydrogen-bond donors (Lipinski definition) is 1. The highest BCUT2D eigenvalue weighted by atomic mass is 35.5. The Morgan fingerprint density at radius 2 is 1.86 bits per heavy atom. The molecule has 0 heterocycles. The van der Waals surface area contributed by atoms with Gasteiger partial charge >= 0.3 is 12.1 Å². The van der Waals surface area contributed by atoms with Crippen molar-refractivity contribution in [3.05, 3.63) is 64.7 Å². The zero-order chi connectivity index (χ0) is 15.5. The minimum atomic E-state index is -4.29. The molecule has 0 unspecified atom stereocenters. The van der Waals surface area contributed by atoms with Crippen molar-refractivity contribution >= 4 is 17.6 Å². The topological polar surface area (TPSA) is 46.5 Å². The summed E-state index contributed by atoms with van der Waals surface area (Å²) in [6, 6.07) is 13.2. The summed E-state index contributed by atoms with van der Waals surface area (Å²) in [6.45, 7) is 0. The first-order valence-corrected chi connectivity index (χ1v) is 6.39. The van der Waals surface area contributed by atoms with Crippen molar-refractivity contribution in [3.63, 3.8) is 0 Å². The fraction of sp³-hybridized carbons (Fsp3) is 0.133. The second-order valence-corrected chi connectivity index (χ2v) is 4.77. The average Bonchev–Trinajstić information content (AvgIpc) is 2.43. The average molecular weight is 313 g/mol. The molecule has 0 saturated carbocycles. The van der Waals surface area contributed by atoms with Crippen LogP contribution in [0.5, 0.6) is 5.75 Å². The van der Waals surface area contributed by atoms with Gasteiger partial charge in [-0.2, -0.15) is 8.78 Å². The molecule has 2 aromatic carbocycles. The summed E-state index contributed by atoms with van der Waals surface area (Å²) in [5.41, 5.74) is 1.25. The van der Waals surface area contributed by atoms with Crippen molar-refractivity contribution in [2.24, 2.45) is 0 Å². The van der Waals surface area contributed by atoms with Gasteiger partial charge in [0.25, 0.3) is 0 Å². The van der Waals surface area contributed by atoms with Gasteiger partial charge in [-0.25, -0.2) is 4.79 Å². The third kappa shape index (κ3) is 3.92. The first-order chi connectivity index (χ1) is 9.88. The van der Waals surface area contributed by atoms with Crippen molar-refractivity contribution in [2.45, 2.75) is 12.5 Å². The van der Waals surface area contributed by atoms with Crippen LogP contribution < -0.4 is 4.74 Å². The predicted molar refractivity (Wildman–Crippen MR) is 73.9 cm³/mol. The monoisotopic (exact) mass is 312 g/mol. The Bertz CT molecular complexity index is 645. The van der Waals surface area contributed by atoms with E-state index in [9.17, 15) is 13.6 Å². The van der Waals surface area contributed by atoms with Gasteiger partial charge in [0, 0.05) is 17.0 Å². The number of ether oxygens (including phenoxy) is 1. The normalized spacial score (nSPS) is 11.2. The van der Waals surface area contributed by atoms with Gasteiger partial charge in [0.2, 0.25) is 0 Å². The Hall–Kier alpha value is -2.14. The maximum atomic E-state index is 13.2. The molecular weight excluding hydrogens is 302 g/mol. The van der Waals surface area contributed by atoms with E-state index in [1.54, 1.807) is 0 Å². The summed E-state index contributed by atoms with van der Waals surface area (Å²) < 4.78 is 30.7. The number of hydrogen-bond acceptors (Lipinski definition) is 2. The number of halogens is 3. The van der Waals surface area contributed by atoms with Crippen LogP contribution in [-0.4, -0.2) is 17.2 Å². The van der Waals surface area contributed by atoms with Gasteiger partial charge in [0.15, 0.2) is 0 Å². The smallest absolute Gasteiger partial charge is 0.474 e. The summed E-state index contributed by atoms with van der Waals surface area (Å²) in [7, 11) is 0. The van der Waals surface area contributed by atoms with Crippen molar-refractivity contribution in [1.29, 1.82) is 0 Å². The lowest BCUT2D eigenvalue weighted by atomic mass is 10.0. The van der Waals surface area contributed by atoms with Crippen LogP contribution in [0.3, 0.4) is 0 Å². The van der Waals surface area contributed by atoms with Gasteiger partial charge in [0.1, 0.15) is 5.75 Å². The van der Waals surface area contributed by atoms with E-state index >= 15 is 0 Å². The lowest BCUT2D eigenvalue weighted by molar-refractivity contribution is -0.211. The number of rotatable bonds is 5. The summed E-state index contributed by atoms with van der Waals surface area (Å²) in [4.78, 5) is 10.5. The van der Waals surface area contributed by atoms with Crippen molar-refractivity contribution in [1.82, 2.24) is 0 Å². The van der Waals surface area contributed by atoms with Gasteiger partial charge in [0.05, 0.1) is 0 Å². The lowest BCUT2D eigenvalue weighted by Gasteiger charge is -2.16. The van der Waals surface area contributed by atoms with E-state index in [1.807, 2.05) is 30.3 Å². The lowest BCUT2D eigenvalue weighted by Crippen LogP contribution is -2.35. The van der Waals surface area contributed by atoms with Crippen molar-refractivity contribution < 1.29 is 23.4 Å². The highest BCUT2D eigenvalue weighted by molar-refractivity contribution is 6.30. The van der Waals surface area contributed by atoms with Crippen LogP contribution in [0.1, 0.15) is 11.1 Å². The van der Waals surface area contributed by atoms with Gasteiger partial charge in [-0.1, -0.05) is 41.9 Å². The van der Waals surface area contributed by atoms with E-state index < -0.39 is 12.1 Å². The molecular formula is C15H11ClF2O3. The summed E-state index contributed by atoms with van der Waals surface area (Å²) in [5.74, 6) is -2.56. The minimum Gasteiger partial charge on any atom is -0.474 e. The molecule has 0 radical (unpaired) electrons. The van der Waals surface area contributed by atoms with Crippen LogP contribution in [0.25, 0.3) is 0 Å². The molecule has 0 aromatic heterocycles. The Morgan fingerprint density at radius 1 is 1.19 bits per heavy atom. The van der Waals surface area contributed by atoms with E-state index in [0.29, 0.717) is 17.0 Å². The van der Waals surface area contributed by atoms with Crippen LogP contribution in [0.15, 0.2) is 48.5 Å². The molecule has 0 spiro atoms. The molecule has 0 aliphatic heterocycles. The quantitative estimate of drug-likeness (QED) is 0.908. The third-order valence-electron chi connectivity index (χ3n) is 2.75. The van der Waals surface area contributed by atoms with Crippen molar-refractivity contribution in [2.75, 3.05) is 0 Å². The first-order valence-electron chi connectivity index (χ1n) is 6.01. The molecule has 0 aliphatic carbocycles. The van der Waals surface area contributed by atoms with Crippen LogP contribution in [0.2, 0.25) is 5.02 Å². The highest BCUT2D eigenvalue weighted by Gasteiger charge is 2.42. The molecule has 1 N–H and O–H groups in total. The maximum absolute atomic E-state index is 13.2.